The Kier molecular flexibility index (Phi) is 7.80. The van der Waals surface area contributed by atoms with Gasteiger partial charge in [-0.2, -0.15) is 0 Å². The fourth-order valence-electron chi connectivity index (χ4n) is 1.89. The van der Waals surface area contributed by atoms with E-state index in [-0.39, 0.29) is 0 Å². The summed E-state index contributed by atoms with van der Waals surface area (Å²) < 4.78 is 4.98. The van der Waals surface area contributed by atoms with Gasteiger partial charge in [-0.3, -0.25) is 0 Å². The van der Waals surface area contributed by atoms with Crippen LogP contribution in [0.1, 0.15) is 24.5 Å². The number of aryl methyl sites for hydroxylation is 1. The summed E-state index contributed by atoms with van der Waals surface area (Å²) in [6.07, 6.45) is 4.24. The highest BCUT2D eigenvalue weighted by molar-refractivity contribution is 6.31. The molecule has 0 unspecified atom stereocenters. The van der Waals surface area contributed by atoms with Crippen molar-refractivity contribution in [1.29, 1.82) is 0 Å². The second kappa shape index (κ2) is 9.13. The minimum absolute atomic E-state index is 0.766. The molecule has 0 heterocycles. The van der Waals surface area contributed by atoms with Crippen molar-refractivity contribution in [1.82, 2.24) is 5.32 Å². The lowest BCUT2D eigenvalue weighted by atomic mass is 10.0. The van der Waals surface area contributed by atoms with E-state index in [0.29, 0.717) is 0 Å². The van der Waals surface area contributed by atoms with Gasteiger partial charge >= 0.3 is 0 Å². The third-order valence-electron chi connectivity index (χ3n) is 2.97. The molecule has 106 valence electrons. The summed E-state index contributed by atoms with van der Waals surface area (Å²) in [6.45, 7) is 6.88. The molecular weight excluding hydrogens is 258 g/mol. The Balaban J connectivity index is 2.35. The molecule has 2 nitrogen and oxygen atoms in total. The topological polar surface area (TPSA) is 21.3 Å². The smallest absolute Gasteiger partial charge is 0.0587 e. The third kappa shape index (κ3) is 6.76. The monoisotopic (exact) mass is 281 g/mol. The molecule has 0 spiro atoms. The number of benzene rings is 1. The van der Waals surface area contributed by atoms with Crippen LogP contribution in [0.5, 0.6) is 0 Å². The van der Waals surface area contributed by atoms with Gasteiger partial charge < -0.3 is 10.1 Å². The van der Waals surface area contributed by atoms with Crippen LogP contribution >= 0.6 is 11.6 Å². The van der Waals surface area contributed by atoms with Gasteiger partial charge in [-0.1, -0.05) is 35.4 Å². The SMILES string of the molecule is COCCNCC/C=C(/C)Cc1ccc(C)cc1Cl. The molecule has 0 atom stereocenters. The fourth-order valence-corrected chi connectivity index (χ4v) is 2.19. The van der Waals surface area contributed by atoms with Crippen LogP contribution in [0.3, 0.4) is 0 Å². The Morgan fingerprint density at radius 1 is 1.37 bits per heavy atom. The molecule has 0 fully saturated rings. The van der Waals surface area contributed by atoms with Crippen molar-refractivity contribution in [3.05, 3.63) is 46.0 Å². The average Bonchev–Trinajstić information content (AvgIpc) is 2.37. The first-order valence-corrected chi connectivity index (χ1v) is 7.11. The molecule has 0 aliphatic carbocycles. The van der Waals surface area contributed by atoms with Crippen LogP contribution in [0.15, 0.2) is 29.8 Å². The van der Waals surface area contributed by atoms with E-state index >= 15 is 0 Å². The molecule has 19 heavy (non-hydrogen) atoms. The summed E-state index contributed by atoms with van der Waals surface area (Å²) in [5, 5.41) is 4.20. The molecule has 3 heteroatoms. The number of nitrogens with one attached hydrogen (secondary N) is 1. The first-order valence-electron chi connectivity index (χ1n) is 6.74. The molecule has 1 rings (SSSR count). The van der Waals surface area contributed by atoms with Crippen LogP contribution in [0, 0.1) is 6.92 Å². The minimum Gasteiger partial charge on any atom is -0.383 e. The lowest BCUT2D eigenvalue weighted by molar-refractivity contribution is 0.199. The lowest BCUT2D eigenvalue weighted by Gasteiger charge is -2.06. The Labute approximate surface area is 121 Å². The van der Waals surface area contributed by atoms with Crippen LogP contribution in [0.4, 0.5) is 0 Å². The second-order valence-corrected chi connectivity index (χ2v) is 5.26. The second-order valence-electron chi connectivity index (χ2n) is 4.85. The van der Waals surface area contributed by atoms with Crippen molar-refractivity contribution in [2.75, 3.05) is 26.8 Å². The van der Waals surface area contributed by atoms with Crippen molar-refractivity contribution in [3.63, 3.8) is 0 Å². The van der Waals surface area contributed by atoms with Gasteiger partial charge in [-0.15, -0.1) is 0 Å². The summed E-state index contributed by atoms with van der Waals surface area (Å²) >= 11 is 6.24. The fraction of sp³-hybridized carbons (Fsp3) is 0.500. The van der Waals surface area contributed by atoms with Crippen molar-refractivity contribution >= 4 is 11.6 Å². The van der Waals surface area contributed by atoms with Gasteiger partial charge in [-0.05, 0) is 50.4 Å². The zero-order chi connectivity index (χ0) is 14.1. The molecular formula is C16H24ClNO. The lowest BCUT2D eigenvalue weighted by Crippen LogP contribution is -2.19. The number of methoxy groups -OCH3 is 1. The minimum atomic E-state index is 0.766. The third-order valence-corrected chi connectivity index (χ3v) is 3.33. The van der Waals surface area contributed by atoms with Crippen molar-refractivity contribution < 1.29 is 4.74 Å². The molecule has 0 aliphatic heterocycles. The van der Waals surface area contributed by atoms with E-state index in [4.69, 9.17) is 16.3 Å². The summed E-state index contributed by atoms with van der Waals surface area (Å²) in [6, 6.07) is 6.25. The van der Waals surface area contributed by atoms with Crippen LogP contribution in [0.2, 0.25) is 5.02 Å². The van der Waals surface area contributed by atoms with Crippen LogP contribution in [-0.2, 0) is 11.2 Å². The maximum atomic E-state index is 6.24. The summed E-state index contributed by atoms with van der Waals surface area (Å²) in [5.74, 6) is 0. The van der Waals surface area contributed by atoms with Crippen molar-refractivity contribution in [2.24, 2.45) is 0 Å². The highest BCUT2D eigenvalue weighted by Gasteiger charge is 2.01. The molecule has 0 aromatic heterocycles. The highest BCUT2D eigenvalue weighted by atomic mass is 35.5. The normalized spacial score (nSPS) is 11.9. The van der Waals surface area contributed by atoms with E-state index in [1.165, 1.54) is 16.7 Å². The quantitative estimate of drug-likeness (QED) is 0.579. The summed E-state index contributed by atoms with van der Waals surface area (Å²) in [4.78, 5) is 0. The summed E-state index contributed by atoms with van der Waals surface area (Å²) in [5.41, 5.74) is 3.77. The van der Waals surface area contributed by atoms with Gasteiger partial charge in [0.2, 0.25) is 0 Å². The van der Waals surface area contributed by atoms with Gasteiger partial charge in [0.15, 0.2) is 0 Å². The summed E-state index contributed by atoms with van der Waals surface area (Å²) in [7, 11) is 1.72. The Bertz CT molecular complexity index is 415. The predicted molar refractivity (Wildman–Crippen MR) is 83.0 cm³/mol. The largest absolute Gasteiger partial charge is 0.383 e. The van der Waals surface area contributed by atoms with Gasteiger partial charge in [0, 0.05) is 18.7 Å². The molecule has 0 aliphatic rings. The van der Waals surface area contributed by atoms with Gasteiger partial charge in [-0.25, -0.2) is 0 Å². The van der Waals surface area contributed by atoms with Crippen LogP contribution in [0.25, 0.3) is 0 Å². The molecule has 0 saturated carbocycles. The van der Waals surface area contributed by atoms with E-state index in [1.54, 1.807) is 7.11 Å². The standard InChI is InChI=1S/C16H24ClNO/c1-13(5-4-8-18-9-10-19-3)11-15-7-6-14(2)12-16(15)17/h5-7,12,18H,4,8-11H2,1-3H3/b13-5-. The van der Waals surface area contributed by atoms with Crippen LogP contribution < -0.4 is 5.32 Å². The van der Waals surface area contributed by atoms with E-state index in [2.05, 4.69) is 37.4 Å². The van der Waals surface area contributed by atoms with E-state index in [9.17, 15) is 0 Å². The Morgan fingerprint density at radius 3 is 2.84 bits per heavy atom. The molecule has 0 saturated heterocycles. The number of halogens is 1. The molecule has 1 N–H and O–H groups in total. The molecule has 1 aromatic carbocycles. The van der Waals surface area contributed by atoms with Crippen molar-refractivity contribution in [2.45, 2.75) is 26.7 Å². The van der Waals surface area contributed by atoms with Crippen LogP contribution in [-0.4, -0.2) is 26.8 Å². The Morgan fingerprint density at radius 2 is 2.16 bits per heavy atom. The van der Waals surface area contributed by atoms with Gasteiger partial charge in [0.05, 0.1) is 6.61 Å². The van der Waals surface area contributed by atoms with Gasteiger partial charge in [0.25, 0.3) is 0 Å². The molecule has 0 bridgehead atoms. The van der Waals surface area contributed by atoms with Gasteiger partial charge in [0.1, 0.15) is 0 Å². The number of hydrogen-bond donors (Lipinski definition) is 1. The maximum Gasteiger partial charge on any atom is 0.0587 e. The highest BCUT2D eigenvalue weighted by Crippen LogP contribution is 2.20. The molecule has 0 radical (unpaired) electrons. The number of ether oxygens (including phenoxy) is 1. The zero-order valence-corrected chi connectivity index (χ0v) is 12.9. The average molecular weight is 282 g/mol. The Hall–Kier alpha value is -0.830. The molecule has 1 aromatic rings. The molecule has 0 amide bonds. The number of rotatable bonds is 8. The predicted octanol–water partition coefficient (Wildman–Crippen LogP) is 3.76. The zero-order valence-electron chi connectivity index (χ0n) is 12.1. The van der Waals surface area contributed by atoms with E-state index in [0.717, 1.165) is 37.6 Å². The first kappa shape index (κ1) is 16.2. The number of allylic oxidation sites excluding steroid dienone is 1. The maximum absolute atomic E-state index is 6.24. The van der Waals surface area contributed by atoms with E-state index < -0.39 is 0 Å². The van der Waals surface area contributed by atoms with E-state index in [1.807, 2.05) is 6.07 Å². The van der Waals surface area contributed by atoms with Crippen molar-refractivity contribution in [3.8, 4) is 0 Å². The number of hydrogen-bond acceptors (Lipinski definition) is 2. The first-order chi connectivity index (χ1) is 9.13.